The SMILES string of the molecule is O=C(COc1ccccc1)Nc1cc(C(=O)O)ccc1Br. The van der Waals surface area contributed by atoms with Gasteiger partial charge in [0.05, 0.1) is 11.3 Å². The van der Waals surface area contributed by atoms with E-state index in [0.29, 0.717) is 15.9 Å². The lowest BCUT2D eigenvalue weighted by Crippen LogP contribution is -2.20. The number of hydrogen-bond acceptors (Lipinski definition) is 3. The van der Waals surface area contributed by atoms with Crippen molar-refractivity contribution in [1.82, 2.24) is 0 Å². The number of benzene rings is 2. The summed E-state index contributed by atoms with van der Waals surface area (Å²) in [7, 11) is 0. The molecule has 0 fully saturated rings. The van der Waals surface area contributed by atoms with E-state index in [9.17, 15) is 9.59 Å². The quantitative estimate of drug-likeness (QED) is 0.869. The van der Waals surface area contributed by atoms with Gasteiger partial charge in [0.1, 0.15) is 5.75 Å². The molecule has 1 amide bonds. The smallest absolute Gasteiger partial charge is 0.335 e. The average Bonchev–Trinajstić information content (AvgIpc) is 2.48. The predicted octanol–water partition coefficient (Wildman–Crippen LogP) is 3.16. The van der Waals surface area contributed by atoms with Crippen molar-refractivity contribution < 1.29 is 19.4 Å². The summed E-state index contributed by atoms with van der Waals surface area (Å²) >= 11 is 3.26. The molecule has 6 heteroatoms. The standard InChI is InChI=1S/C15H12BrNO4/c16-12-7-6-10(15(19)20)8-13(12)17-14(18)9-21-11-4-2-1-3-5-11/h1-8H,9H2,(H,17,18)(H,19,20). The molecule has 0 aromatic heterocycles. The number of hydrogen-bond donors (Lipinski definition) is 2. The topological polar surface area (TPSA) is 75.6 Å². The summed E-state index contributed by atoms with van der Waals surface area (Å²) in [6.07, 6.45) is 0. The van der Waals surface area contributed by atoms with Gasteiger partial charge >= 0.3 is 5.97 Å². The zero-order valence-corrected chi connectivity index (χ0v) is 12.5. The number of carboxylic acid groups (broad SMARTS) is 1. The summed E-state index contributed by atoms with van der Waals surface area (Å²) in [5, 5.41) is 11.5. The highest BCUT2D eigenvalue weighted by atomic mass is 79.9. The average molecular weight is 350 g/mol. The Morgan fingerprint density at radius 2 is 1.86 bits per heavy atom. The first-order valence-corrected chi connectivity index (χ1v) is 6.86. The van der Waals surface area contributed by atoms with Crippen molar-refractivity contribution in [3.63, 3.8) is 0 Å². The maximum atomic E-state index is 11.8. The van der Waals surface area contributed by atoms with Crippen molar-refractivity contribution >= 4 is 33.5 Å². The van der Waals surface area contributed by atoms with Crippen LogP contribution in [0.15, 0.2) is 53.0 Å². The number of para-hydroxylation sites is 1. The lowest BCUT2D eigenvalue weighted by atomic mass is 10.2. The Balaban J connectivity index is 1.99. The van der Waals surface area contributed by atoms with Gasteiger partial charge in [0.25, 0.3) is 5.91 Å². The van der Waals surface area contributed by atoms with Gasteiger partial charge in [-0.25, -0.2) is 4.79 Å². The molecule has 0 radical (unpaired) electrons. The van der Waals surface area contributed by atoms with Crippen molar-refractivity contribution in [1.29, 1.82) is 0 Å². The van der Waals surface area contributed by atoms with Gasteiger partial charge < -0.3 is 15.2 Å². The van der Waals surface area contributed by atoms with Crippen molar-refractivity contribution in [3.05, 3.63) is 58.6 Å². The fourth-order valence-corrected chi connectivity index (χ4v) is 1.95. The molecule has 2 aromatic rings. The van der Waals surface area contributed by atoms with Crippen molar-refractivity contribution in [2.75, 3.05) is 11.9 Å². The molecular formula is C15H12BrNO4. The molecule has 0 spiro atoms. The summed E-state index contributed by atoms with van der Waals surface area (Å²) in [4.78, 5) is 22.7. The number of nitrogens with one attached hydrogen (secondary N) is 1. The second-order valence-electron chi connectivity index (χ2n) is 4.15. The second kappa shape index (κ2) is 6.90. The van der Waals surface area contributed by atoms with Crippen LogP contribution in [0.3, 0.4) is 0 Å². The molecule has 2 aromatic carbocycles. The van der Waals surface area contributed by atoms with Crippen LogP contribution in [-0.4, -0.2) is 23.6 Å². The Morgan fingerprint density at radius 3 is 2.52 bits per heavy atom. The Morgan fingerprint density at radius 1 is 1.14 bits per heavy atom. The molecular weight excluding hydrogens is 338 g/mol. The van der Waals surface area contributed by atoms with E-state index in [0.717, 1.165) is 0 Å². The van der Waals surface area contributed by atoms with Crippen LogP contribution in [0.25, 0.3) is 0 Å². The minimum absolute atomic E-state index is 0.0949. The van der Waals surface area contributed by atoms with E-state index < -0.39 is 5.97 Å². The highest BCUT2D eigenvalue weighted by Gasteiger charge is 2.10. The maximum absolute atomic E-state index is 11.8. The van der Waals surface area contributed by atoms with Gasteiger partial charge in [0.15, 0.2) is 6.61 Å². The Kier molecular flexibility index (Phi) is 4.94. The van der Waals surface area contributed by atoms with Gasteiger partial charge in [0.2, 0.25) is 0 Å². The van der Waals surface area contributed by atoms with Crippen molar-refractivity contribution in [2.24, 2.45) is 0 Å². The monoisotopic (exact) mass is 349 g/mol. The minimum atomic E-state index is -1.06. The zero-order chi connectivity index (χ0) is 15.2. The lowest BCUT2D eigenvalue weighted by molar-refractivity contribution is -0.118. The number of halogens is 1. The highest BCUT2D eigenvalue weighted by Crippen LogP contribution is 2.23. The van der Waals surface area contributed by atoms with Crippen LogP contribution in [0.5, 0.6) is 5.75 Å². The van der Waals surface area contributed by atoms with Gasteiger partial charge in [-0.1, -0.05) is 18.2 Å². The first-order valence-electron chi connectivity index (χ1n) is 6.07. The first-order chi connectivity index (χ1) is 10.1. The minimum Gasteiger partial charge on any atom is -0.484 e. The predicted molar refractivity (Wildman–Crippen MR) is 81.7 cm³/mol. The van der Waals surface area contributed by atoms with Gasteiger partial charge in [0, 0.05) is 4.47 Å². The zero-order valence-electron chi connectivity index (χ0n) is 10.9. The molecule has 0 unspecified atom stereocenters. The summed E-state index contributed by atoms with van der Waals surface area (Å²) in [6, 6.07) is 13.3. The highest BCUT2D eigenvalue weighted by molar-refractivity contribution is 9.10. The summed E-state index contributed by atoms with van der Waals surface area (Å²) in [5.74, 6) is -0.841. The molecule has 0 atom stereocenters. The van der Waals surface area contributed by atoms with Crippen LogP contribution in [0.1, 0.15) is 10.4 Å². The van der Waals surface area contributed by atoms with Gasteiger partial charge in [-0.15, -0.1) is 0 Å². The molecule has 0 saturated carbocycles. The van der Waals surface area contributed by atoms with E-state index in [1.165, 1.54) is 12.1 Å². The van der Waals surface area contributed by atoms with Crippen LogP contribution in [0.4, 0.5) is 5.69 Å². The summed E-state index contributed by atoms with van der Waals surface area (Å²) in [6.45, 7) is -0.159. The van der Waals surface area contributed by atoms with E-state index in [4.69, 9.17) is 9.84 Å². The van der Waals surface area contributed by atoms with E-state index >= 15 is 0 Å². The van der Waals surface area contributed by atoms with Crippen molar-refractivity contribution in [2.45, 2.75) is 0 Å². The fourth-order valence-electron chi connectivity index (χ4n) is 1.61. The van der Waals surface area contributed by atoms with Gasteiger partial charge in [-0.3, -0.25) is 4.79 Å². The second-order valence-corrected chi connectivity index (χ2v) is 5.00. The third-order valence-electron chi connectivity index (χ3n) is 2.60. The number of anilines is 1. The molecule has 2 N–H and O–H groups in total. The number of carbonyl (C=O) groups is 2. The van der Waals surface area contributed by atoms with Gasteiger partial charge in [-0.2, -0.15) is 0 Å². The van der Waals surface area contributed by atoms with E-state index in [2.05, 4.69) is 21.2 Å². The number of aromatic carboxylic acids is 1. The van der Waals surface area contributed by atoms with Crippen LogP contribution in [0, 0.1) is 0 Å². The molecule has 2 rings (SSSR count). The number of ether oxygens (including phenoxy) is 1. The fraction of sp³-hybridized carbons (Fsp3) is 0.0667. The van der Waals surface area contributed by atoms with Crippen LogP contribution < -0.4 is 10.1 Å². The van der Waals surface area contributed by atoms with E-state index in [1.54, 1.807) is 30.3 Å². The van der Waals surface area contributed by atoms with Crippen LogP contribution in [0.2, 0.25) is 0 Å². The molecule has 0 heterocycles. The Hall–Kier alpha value is -2.34. The van der Waals surface area contributed by atoms with E-state index in [-0.39, 0.29) is 18.1 Å². The molecule has 21 heavy (non-hydrogen) atoms. The molecule has 0 aliphatic carbocycles. The number of carboxylic acids is 1. The number of carbonyl (C=O) groups excluding carboxylic acids is 1. The Bertz CT molecular complexity index is 658. The largest absolute Gasteiger partial charge is 0.484 e. The molecule has 108 valence electrons. The molecule has 0 bridgehead atoms. The third kappa shape index (κ3) is 4.32. The number of rotatable bonds is 5. The van der Waals surface area contributed by atoms with Crippen LogP contribution in [-0.2, 0) is 4.79 Å². The first kappa shape index (κ1) is 15.1. The molecule has 0 aliphatic heterocycles. The molecule has 0 saturated heterocycles. The lowest BCUT2D eigenvalue weighted by Gasteiger charge is -2.09. The normalized spacial score (nSPS) is 9.95. The third-order valence-corrected chi connectivity index (χ3v) is 3.29. The Labute approximate surface area is 129 Å². The number of amides is 1. The van der Waals surface area contributed by atoms with Gasteiger partial charge in [-0.05, 0) is 46.3 Å². The summed E-state index contributed by atoms with van der Waals surface area (Å²) in [5.41, 5.74) is 0.481. The van der Waals surface area contributed by atoms with E-state index in [1.807, 2.05) is 6.07 Å². The van der Waals surface area contributed by atoms with Crippen LogP contribution >= 0.6 is 15.9 Å². The molecule has 5 nitrogen and oxygen atoms in total. The van der Waals surface area contributed by atoms with Crippen molar-refractivity contribution in [3.8, 4) is 5.75 Å². The molecule has 0 aliphatic rings. The summed E-state index contributed by atoms with van der Waals surface area (Å²) < 4.78 is 5.91. The maximum Gasteiger partial charge on any atom is 0.335 e.